The zero-order chi connectivity index (χ0) is 13.7. The van der Waals surface area contributed by atoms with Crippen LogP contribution in [0, 0.1) is 0 Å². The van der Waals surface area contributed by atoms with Crippen molar-refractivity contribution in [3.63, 3.8) is 0 Å². The van der Waals surface area contributed by atoms with Gasteiger partial charge in [-0.15, -0.1) is 0 Å². The molecule has 0 saturated heterocycles. The minimum Gasteiger partial charge on any atom is -0.376 e. The van der Waals surface area contributed by atoms with Crippen LogP contribution in [0.4, 0.5) is 0 Å². The molecule has 3 nitrogen and oxygen atoms in total. The zero-order valence-corrected chi connectivity index (χ0v) is 13.0. The van der Waals surface area contributed by atoms with Crippen LogP contribution in [0.2, 0.25) is 5.02 Å². The molecule has 1 saturated carbocycles. The first kappa shape index (κ1) is 14.8. The first-order valence-corrected chi connectivity index (χ1v) is 7.69. The van der Waals surface area contributed by atoms with Crippen LogP contribution in [0.5, 0.6) is 0 Å². The minimum atomic E-state index is -0.135. The van der Waals surface area contributed by atoms with Gasteiger partial charge in [0, 0.05) is 16.0 Å². The van der Waals surface area contributed by atoms with Crippen molar-refractivity contribution in [3.05, 3.63) is 33.3 Å². The summed E-state index contributed by atoms with van der Waals surface area (Å²) in [5, 5.41) is 3.39. The quantitative estimate of drug-likeness (QED) is 0.824. The summed E-state index contributed by atoms with van der Waals surface area (Å²) in [6, 6.07) is 5.16. The molecular weight excluding hydrogens is 330 g/mol. The molecule has 104 valence electrons. The van der Waals surface area contributed by atoms with Gasteiger partial charge >= 0.3 is 0 Å². The highest BCUT2D eigenvalue weighted by molar-refractivity contribution is 9.10. The highest BCUT2D eigenvalue weighted by Crippen LogP contribution is 2.21. The van der Waals surface area contributed by atoms with Crippen LogP contribution >= 0.6 is 27.5 Å². The van der Waals surface area contributed by atoms with E-state index in [1.807, 2.05) is 0 Å². The van der Waals surface area contributed by atoms with Gasteiger partial charge in [-0.1, -0.05) is 24.4 Å². The Hall–Kier alpha value is -0.580. The van der Waals surface area contributed by atoms with Gasteiger partial charge in [-0.2, -0.15) is 0 Å². The summed E-state index contributed by atoms with van der Waals surface area (Å²) < 4.78 is 6.43. The van der Waals surface area contributed by atoms with Crippen LogP contribution in [0.3, 0.4) is 0 Å². The number of nitrogens with one attached hydrogen (secondary N) is 1. The lowest BCUT2D eigenvalue weighted by atomic mass is 10.2. The third kappa shape index (κ3) is 4.48. The van der Waals surface area contributed by atoms with Crippen molar-refractivity contribution in [1.29, 1.82) is 0 Å². The van der Waals surface area contributed by atoms with Gasteiger partial charge in [-0.25, -0.2) is 0 Å². The van der Waals surface area contributed by atoms with Crippen molar-refractivity contribution >= 4 is 33.4 Å². The monoisotopic (exact) mass is 345 g/mol. The molecule has 0 aromatic heterocycles. The Kier molecular flexibility index (Phi) is 5.67. The molecule has 0 bridgehead atoms. The largest absolute Gasteiger partial charge is 0.376 e. The molecule has 0 radical (unpaired) electrons. The molecule has 1 aromatic carbocycles. The Morgan fingerprint density at radius 1 is 1.42 bits per heavy atom. The van der Waals surface area contributed by atoms with Gasteiger partial charge < -0.3 is 10.1 Å². The molecule has 1 aliphatic carbocycles. The second kappa shape index (κ2) is 7.27. The van der Waals surface area contributed by atoms with Crippen LogP contribution < -0.4 is 5.32 Å². The molecule has 2 rings (SSSR count). The molecule has 0 unspecified atom stereocenters. The number of ether oxygens (including phenoxy) is 1. The van der Waals surface area contributed by atoms with E-state index < -0.39 is 0 Å². The zero-order valence-electron chi connectivity index (χ0n) is 10.6. The van der Waals surface area contributed by atoms with Crippen LogP contribution in [0.15, 0.2) is 22.7 Å². The molecule has 1 fully saturated rings. The van der Waals surface area contributed by atoms with Gasteiger partial charge in [-0.3, -0.25) is 4.79 Å². The van der Waals surface area contributed by atoms with E-state index in [0.29, 0.717) is 29.8 Å². The molecule has 0 spiro atoms. The maximum atomic E-state index is 12.0. The number of hydrogen-bond donors (Lipinski definition) is 1. The molecule has 1 aromatic rings. The second-order valence-corrected chi connectivity index (χ2v) is 5.95. The Morgan fingerprint density at radius 3 is 2.89 bits per heavy atom. The summed E-state index contributed by atoms with van der Waals surface area (Å²) in [7, 11) is 0. The lowest BCUT2D eigenvalue weighted by Gasteiger charge is -2.12. The number of carbonyl (C=O) groups is 1. The van der Waals surface area contributed by atoms with Crippen molar-refractivity contribution in [1.82, 2.24) is 5.32 Å². The predicted molar refractivity (Wildman–Crippen MR) is 79.7 cm³/mol. The molecule has 1 aliphatic rings. The third-order valence-corrected chi connectivity index (χ3v) is 4.14. The number of carbonyl (C=O) groups excluding carboxylic acids is 1. The topological polar surface area (TPSA) is 38.3 Å². The van der Waals surface area contributed by atoms with Gasteiger partial charge in [0.25, 0.3) is 5.91 Å². The van der Waals surface area contributed by atoms with Gasteiger partial charge in [0.15, 0.2) is 0 Å². The van der Waals surface area contributed by atoms with E-state index >= 15 is 0 Å². The van der Waals surface area contributed by atoms with Gasteiger partial charge in [0.2, 0.25) is 0 Å². The normalized spacial score (nSPS) is 15.7. The first-order valence-electron chi connectivity index (χ1n) is 6.51. The van der Waals surface area contributed by atoms with Gasteiger partial charge in [0.05, 0.1) is 18.3 Å². The smallest absolute Gasteiger partial charge is 0.252 e. The lowest BCUT2D eigenvalue weighted by Crippen LogP contribution is -2.28. The highest BCUT2D eigenvalue weighted by Gasteiger charge is 2.15. The Balaban J connectivity index is 1.75. The van der Waals surface area contributed by atoms with Crippen molar-refractivity contribution in [3.8, 4) is 0 Å². The summed E-state index contributed by atoms with van der Waals surface area (Å²) >= 11 is 9.23. The van der Waals surface area contributed by atoms with Crippen LogP contribution in [-0.2, 0) is 4.74 Å². The van der Waals surface area contributed by atoms with E-state index in [0.717, 1.165) is 17.3 Å². The predicted octanol–water partition coefficient (Wildman–Crippen LogP) is 3.79. The van der Waals surface area contributed by atoms with E-state index in [1.165, 1.54) is 12.8 Å². The van der Waals surface area contributed by atoms with Gasteiger partial charge in [-0.05, 0) is 47.0 Å². The fourth-order valence-electron chi connectivity index (χ4n) is 2.21. The number of halogens is 2. The Bertz CT molecular complexity index is 447. The summed E-state index contributed by atoms with van der Waals surface area (Å²) in [6.45, 7) is 1.09. The second-order valence-electron chi connectivity index (χ2n) is 4.66. The Labute approximate surface area is 126 Å². The molecule has 1 amide bonds. The highest BCUT2D eigenvalue weighted by atomic mass is 79.9. The van der Waals surface area contributed by atoms with Crippen molar-refractivity contribution < 1.29 is 9.53 Å². The number of rotatable bonds is 5. The molecule has 0 aliphatic heterocycles. The fourth-order valence-corrected chi connectivity index (χ4v) is 2.81. The Morgan fingerprint density at radius 2 is 2.16 bits per heavy atom. The fraction of sp³-hybridized carbons (Fsp3) is 0.500. The molecular formula is C14H17BrClNO2. The standard InChI is InChI=1S/C14H17BrClNO2/c15-13-6-5-10(16)9-12(13)14(18)17-7-8-19-11-3-1-2-4-11/h5-6,9,11H,1-4,7-8H2,(H,17,18). The minimum absolute atomic E-state index is 0.135. The average molecular weight is 347 g/mol. The van der Waals surface area contributed by atoms with Crippen molar-refractivity contribution in [2.24, 2.45) is 0 Å². The first-order chi connectivity index (χ1) is 9.16. The third-order valence-electron chi connectivity index (χ3n) is 3.22. The maximum absolute atomic E-state index is 12.0. The summed E-state index contributed by atoms with van der Waals surface area (Å²) in [5.41, 5.74) is 0.549. The van der Waals surface area contributed by atoms with E-state index in [9.17, 15) is 4.79 Å². The maximum Gasteiger partial charge on any atom is 0.252 e. The SMILES string of the molecule is O=C(NCCOC1CCCC1)c1cc(Cl)ccc1Br. The molecule has 1 N–H and O–H groups in total. The molecule has 0 heterocycles. The average Bonchev–Trinajstić information content (AvgIpc) is 2.90. The van der Waals surface area contributed by atoms with Crippen LogP contribution in [0.1, 0.15) is 36.0 Å². The lowest BCUT2D eigenvalue weighted by molar-refractivity contribution is 0.0581. The van der Waals surface area contributed by atoms with Crippen LogP contribution in [-0.4, -0.2) is 25.2 Å². The van der Waals surface area contributed by atoms with E-state index in [-0.39, 0.29) is 5.91 Å². The van der Waals surface area contributed by atoms with E-state index in [1.54, 1.807) is 18.2 Å². The van der Waals surface area contributed by atoms with E-state index in [2.05, 4.69) is 21.2 Å². The van der Waals surface area contributed by atoms with E-state index in [4.69, 9.17) is 16.3 Å². The number of amides is 1. The van der Waals surface area contributed by atoms with Crippen molar-refractivity contribution in [2.75, 3.05) is 13.2 Å². The molecule has 5 heteroatoms. The number of hydrogen-bond acceptors (Lipinski definition) is 2. The number of benzene rings is 1. The summed E-state index contributed by atoms with van der Waals surface area (Å²) in [4.78, 5) is 12.0. The molecule has 0 atom stereocenters. The van der Waals surface area contributed by atoms with Crippen LogP contribution in [0.25, 0.3) is 0 Å². The summed E-state index contributed by atoms with van der Waals surface area (Å²) in [5.74, 6) is -0.135. The van der Waals surface area contributed by atoms with Crippen molar-refractivity contribution in [2.45, 2.75) is 31.8 Å². The van der Waals surface area contributed by atoms with Gasteiger partial charge in [0.1, 0.15) is 0 Å². The molecule has 19 heavy (non-hydrogen) atoms. The summed E-state index contributed by atoms with van der Waals surface area (Å²) in [6.07, 6.45) is 5.19.